The van der Waals surface area contributed by atoms with Gasteiger partial charge in [-0.25, -0.2) is 9.59 Å². The predicted octanol–water partition coefficient (Wildman–Crippen LogP) is -0.353. The molecule has 0 fully saturated rings. The molecule has 0 unspecified atom stereocenters. The van der Waals surface area contributed by atoms with Gasteiger partial charge >= 0.3 is 11.9 Å². The lowest BCUT2D eigenvalue weighted by Crippen LogP contribution is -2.16. The Hall–Kier alpha value is -1.36. The summed E-state index contributed by atoms with van der Waals surface area (Å²) in [6, 6.07) is 0. The van der Waals surface area contributed by atoms with Crippen LogP contribution in [0.3, 0.4) is 0 Å². The quantitative estimate of drug-likeness (QED) is 0.450. The first-order chi connectivity index (χ1) is 5.02. The fraction of sp³-hybridized carbons (Fsp3) is 0.333. The van der Waals surface area contributed by atoms with E-state index >= 15 is 0 Å². The second-order valence-electron chi connectivity index (χ2n) is 1.89. The summed E-state index contributed by atoms with van der Waals surface area (Å²) in [4.78, 5) is 24.9. The first kappa shape index (κ1) is 9.64. The number of aliphatic carboxylic acids is 1. The molecule has 0 heterocycles. The Morgan fingerprint density at radius 2 is 1.91 bits per heavy atom. The molecule has 0 amide bonds. The Kier molecular flexibility index (Phi) is 3.90. The number of carbonyl (C=O) groups is 2. The van der Waals surface area contributed by atoms with Gasteiger partial charge in [-0.2, -0.15) is 0 Å². The third kappa shape index (κ3) is 6.53. The summed E-state index contributed by atoms with van der Waals surface area (Å²) in [6.07, 6.45) is 1.55. The van der Waals surface area contributed by atoms with Crippen LogP contribution in [0.5, 0.6) is 0 Å². The Bertz CT molecular complexity index is 185. The molecule has 0 saturated heterocycles. The second-order valence-corrected chi connectivity index (χ2v) is 1.89. The van der Waals surface area contributed by atoms with E-state index in [2.05, 4.69) is 4.84 Å². The summed E-state index contributed by atoms with van der Waals surface area (Å²) < 4.78 is 0. The Labute approximate surface area is 63.8 Å². The van der Waals surface area contributed by atoms with E-state index in [-0.39, 0.29) is 0 Å². The fourth-order valence-corrected chi connectivity index (χ4v) is 0.350. The number of nitrogens with zero attached hydrogens (tertiary/aromatic N) is 1. The first-order valence-corrected chi connectivity index (χ1v) is 2.82. The van der Waals surface area contributed by atoms with Crippen molar-refractivity contribution in [3.8, 4) is 0 Å². The smallest absolute Gasteiger partial charge is 0.349 e. The van der Waals surface area contributed by atoms with Gasteiger partial charge in [0.1, 0.15) is 0 Å². The van der Waals surface area contributed by atoms with Crippen LogP contribution < -0.4 is 0 Å². The van der Waals surface area contributed by atoms with E-state index in [9.17, 15) is 9.59 Å². The molecular weight excluding hydrogens is 150 g/mol. The molecule has 5 nitrogen and oxygen atoms in total. The van der Waals surface area contributed by atoms with E-state index in [0.717, 1.165) is 6.08 Å². The minimum atomic E-state index is -1.18. The molecule has 0 bridgehead atoms. The molecule has 0 aromatic rings. The largest absolute Gasteiger partial charge is 0.478 e. The second kappa shape index (κ2) is 4.45. The molecule has 0 atom stereocenters. The SMILES string of the molecule is CN(C)OC(=O)/C=C\C(=O)O. The lowest BCUT2D eigenvalue weighted by molar-refractivity contribution is -0.171. The molecule has 11 heavy (non-hydrogen) atoms. The van der Waals surface area contributed by atoms with E-state index in [1.165, 1.54) is 19.2 Å². The number of carboxylic acid groups (broad SMARTS) is 1. The van der Waals surface area contributed by atoms with Crippen molar-refractivity contribution in [2.45, 2.75) is 0 Å². The van der Waals surface area contributed by atoms with Crippen LogP contribution in [0, 0.1) is 0 Å². The van der Waals surface area contributed by atoms with Gasteiger partial charge in [0, 0.05) is 26.2 Å². The molecule has 1 N–H and O–H groups in total. The van der Waals surface area contributed by atoms with Crippen molar-refractivity contribution in [2.24, 2.45) is 0 Å². The predicted molar refractivity (Wildman–Crippen MR) is 36.6 cm³/mol. The number of hydrogen-bond acceptors (Lipinski definition) is 4. The van der Waals surface area contributed by atoms with Crippen molar-refractivity contribution in [2.75, 3.05) is 14.1 Å². The van der Waals surface area contributed by atoms with Gasteiger partial charge in [0.05, 0.1) is 0 Å². The number of hydrogen-bond donors (Lipinski definition) is 1. The molecule has 0 aromatic carbocycles. The van der Waals surface area contributed by atoms with Crippen molar-refractivity contribution in [1.82, 2.24) is 5.06 Å². The molecule has 0 radical (unpaired) electrons. The highest BCUT2D eigenvalue weighted by molar-refractivity contribution is 5.90. The van der Waals surface area contributed by atoms with Crippen molar-refractivity contribution >= 4 is 11.9 Å². The third-order valence-corrected chi connectivity index (χ3v) is 0.635. The van der Waals surface area contributed by atoms with Gasteiger partial charge < -0.3 is 9.94 Å². The summed E-state index contributed by atoms with van der Waals surface area (Å²) in [7, 11) is 3.04. The summed E-state index contributed by atoms with van der Waals surface area (Å²) in [6.45, 7) is 0. The molecule has 62 valence electrons. The first-order valence-electron chi connectivity index (χ1n) is 2.82. The van der Waals surface area contributed by atoms with Crippen LogP contribution in [0.4, 0.5) is 0 Å². The highest BCUT2D eigenvalue weighted by Gasteiger charge is 1.98. The summed E-state index contributed by atoms with van der Waals surface area (Å²) in [5.74, 6) is -1.89. The number of carbonyl (C=O) groups excluding carboxylic acids is 1. The molecular formula is C6H9NO4. The van der Waals surface area contributed by atoms with Gasteiger partial charge in [-0.05, 0) is 0 Å². The lowest BCUT2D eigenvalue weighted by atomic mass is 10.5. The highest BCUT2D eigenvalue weighted by Crippen LogP contribution is 1.83. The van der Waals surface area contributed by atoms with Gasteiger partial charge in [0.15, 0.2) is 0 Å². The molecule has 0 rings (SSSR count). The lowest BCUT2D eigenvalue weighted by Gasteiger charge is -2.06. The molecule has 0 aromatic heterocycles. The number of carboxylic acids is 1. The highest BCUT2D eigenvalue weighted by atomic mass is 16.7. The zero-order chi connectivity index (χ0) is 8.85. The topological polar surface area (TPSA) is 66.8 Å². The minimum absolute atomic E-state index is 0.711. The van der Waals surface area contributed by atoms with Crippen molar-refractivity contribution in [1.29, 1.82) is 0 Å². The molecule has 0 aliphatic heterocycles. The number of rotatable bonds is 3. The van der Waals surface area contributed by atoms with E-state index in [1.807, 2.05) is 0 Å². The van der Waals surface area contributed by atoms with Gasteiger partial charge in [-0.15, -0.1) is 5.06 Å². The van der Waals surface area contributed by atoms with Crippen molar-refractivity contribution < 1.29 is 19.5 Å². The number of hydroxylamine groups is 2. The van der Waals surface area contributed by atoms with E-state index < -0.39 is 11.9 Å². The standard InChI is InChI=1S/C6H9NO4/c1-7(2)11-6(10)4-3-5(8)9/h3-4H,1-2H3,(H,8,9)/b4-3-. The van der Waals surface area contributed by atoms with Gasteiger partial charge in [-0.1, -0.05) is 0 Å². The fourth-order valence-electron chi connectivity index (χ4n) is 0.350. The average Bonchev–Trinajstić information content (AvgIpc) is 1.82. The van der Waals surface area contributed by atoms with E-state index in [4.69, 9.17) is 5.11 Å². The van der Waals surface area contributed by atoms with Crippen LogP contribution in [-0.2, 0) is 14.4 Å². The van der Waals surface area contributed by atoms with E-state index in [1.54, 1.807) is 0 Å². The monoisotopic (exact) mass is 159 g/mol. The maximum Gasteiger partial charge on any atom is 0.349 e. The van der Waals surface area contributed by atoms with Crippen LogP contribution in [-0.4, -0.2) is 36.2 Å². The van der Waals surface area contributed by atoms with Crippen LogP contribution in [0.2, 0.25) is 0 Å². The molecule has 0 aliphatic rings. The third-order valence-electron chi connectivity index (χ3n) is 0.635. The van der Waals surface area contributed by atoms with Crippen LogP contribution in [0.1, 0.15) is 0 Å². The maximum atomic E-state index is 10.5. The van der Waals surface area contributed by atoms with Crippen molar-refractivity contribution in [3.63, 3.8) is 0 Å². The summed E-state index contributed by atoms with van der Waals surface area (Å²) >= 11 is 0. The summed E-state index contributed by atoms with van der Waals surface area (Å²) in [5, 5.41) is 9.26. The zero-order valence-corrected chi connectivity index (χ0v) is 6.27. The van der Waals surface area contributed by atoms with Gasteiger partial charge in [-0.3, -0.25) is 0 Å². The van der Waals surface area contributed by atoms with Crippen LogP contribution >= 0.6 is 0 Å². The minimum Gasteiger partial charge on any atom is -0.478 e. The normalized spacial score (nSPS) is 10.5. The summed E-state index contributed by atoms with van der Waals surface area (Å²) in [5.41, 5.74) is 0. The maximum absolute atomic E-state index is 10.5. The Morgan fingerprint density at radius 3 is 2.27 bits per heavy atom. The average molecular weight is 159 g/mol. The molecule has 0 spiro atoms. The molecule has 0 saturated carbocycles. The van der Waals surface area contributed by atoms with E-state index in [0.29, 0.717) is 6.08 Å². The molecule has 0 aliphatic carbocycles. The Balaban J connectivity index is 3.78. The van der Waals surface area contributed by atoms with Gasteiger partial charge in [0.25, 0.3) is 0 Å². The Morgan fingerprint density at radius 1 is 1.36 bits per heavy atom. The zero-order valence-electron chi connectivity index (χ0n) is 6.27. The molecule has 5 heteroatoms. The van der Waals surface area contributed by atoms with Gasteiger partial charge in [0.2, 0.25) is 0 Å². The van der Waals surface area contributed by atoms with Crippen LogP contribution in [0.25, 0.3) is 0 Å². The van der Waals surface area contributed by atoms with Crippen molar-refractivity contribution in [3.05, 3.63) is 12.2 Å². The van der Waals surface area contributed by atoms with Crippen LogP contribution in [0.15, 0.2) is 12.2 Å².